The zero-order chi connectivity index (χ0) is 12.0. The molecule has 0 aliphatic heterocycles. The minimum atomic E-state index is 0.0294. The minimum Gasteiger partial charge on any atom is -0.399 e. The SMILES string of the molecule is C=CCN(CCC)C(=O)c1ccc(N)cc1. The van der Waals surface area contributed by atoms with Crippen LogP contribution in [0.25, 0.3) is 0 Å². The minimum absolute atomic E-state index is 0.0294. The third-order valence-corrected chi connectivity index (χ3v) is 2.29. The monoisotopic (exact) mass is 218 g/mol. The molecular weight excluding hydrogens is 200 g/mol. The summed E-state index contributed by atoms with van der Waals surface area (Å²) in [5.74, 6) is 0.0294. The van der Waals surface area contributed by atoms with Crippen molar-refractivity contribution >= 4 is 11.6 Å². The highest BCUT2D eigenvalue weighted by Crippen LogP contribution is 2.09. The van der Waals surface area contributed by atoms with Gasteiger partial charge in [-0.05, 0) is 30.7 Å². The van der Waals surface area contributed by atoms with Gasteiger partial charge in [-0.15, -0.1) is 6.58 Å². The molecule has 2 N–H and O–H groups in total. The lowest BCUT2D eigenvalue weighted by Gasteiger charge is -2.20. The van der Waals surface area contributed by atoms with Gasteiger partial charge in [-0.3, -0.25) is 4.79 Å². The smallest absolute Gasteiger partial charge is 0.254 e. The first-order chi connectivity index (χ1) is 7.69. The Kier molecular flexibility index (Phi) is 4.58. The molecule has 86 valence electrons. The van der Waals surface area contributed by atoms with E-state index in [0.717, 1.165) is 13.0 Å². The summed E-state index contributed by atoms with van der Waals surface area (Å²) < 4.78 is 0. The van der Waals surface area contributed by atoms with Crippen LogP contribution >= 0.6 is 0 Å². The van der Waals surface area contributed by atoms with Gasteiger partial charge in [-0.1, -0.05) is 13.0 Å². The van der Waals surface area contributed by atoms with E-state index in [4.69, 9.17) is 5.73 Å². The topological polar surface area (TPSA) is 46.3 Å². The van der Waals surface area contributed by atoms with Crippen molar-refractivity contribution in [3.05, 3.63) is 42.5 Å². The lowest BCUT2D eigenvalue weighted by atomic mass is 10.2. The number of rotatable bonds is 5. The molecule has 0 radical (unpaired) electrons. The first-order valence-electron chi connectivity index (χ1n) is 5.44. The Labute approximate surface area is 96.6 Å². The predicted octanol–water partition coefficient (Wildman–Crippen LogP) is 2.31. The maximum Gasteiger partial charge on any atom is 0.254 e. The molecule has 0 saturated carbocycles. The molecule has 0 saturated heterocycles. The van der Waals surface area contributed by atoms with Gasteiger partial charge in [0.1, 0.15) is 0 Å². The van der Waals surface area contributed by atoms with E-state index in [1.807, 2.05) is 6.92 Å². The lowest BCUT2D eigenvalue weighted by Crippen LogP contribution is -2.31. The van der Waals surface area contributed by atoms with Crippen LogP contribution in [0.3, 0.4) is 0 Å². The van der Waals surface area contributed by atoms with Crippen LogP contribution in [0.5, 0.6) is 0 Å². The second-order valence-corrected chi connectivity index (χ2v) is 3.66. The predicted molar refractivity (Wildman–Crippen MR) is 67.2 cm³/mol. The highest BCUT2D eigenvalue weighted by Gasteiger charge is 2.12. The molecule has 0 aliphatic rings. The Morgan fingerprint density at radius 1 is 1.44 bits per heavy atom. The number of benzene rings is 1. The van der Waals surface area contributed by atoms with Crippen molar-refractivity contribution in [3.8, 4) is 0 Å². The Hall–Kier alpha value is -1.77. The van der Waals surface area contributed by atoms with E-state index in [0.29, 0.717) is 17.8 Å². The van der Waals surface area contributed by atoms with Gasteiger partial charge in [-0.2, -0.15) is 0 Å². The third kappa shape index (κ3) is 3.12. The molecule has 0 bridgehead atoms. The average Bonchev–Trinajstić information content (AvgIpc) is 2.29. The molecule has 0 unspecified atom stereocenters. The van der Waals surface area contributed by atoms with E-state index in [1.54, 1.807) is 35.2 Å². The molecule has 16 heavy (non-hydrogen) atoms. The Morgan fingerprint density at radius 3 is 2.56 bits per heavy atom. The highest BCUT2D eigenvalue weighted by molar-refractivity contribution is 5.94. The van der Waals surface area contributed by atoms with E-state index >= 15 is 0 Å². The largest absolute Gasteiger partial charge is 0.399 e. The standard InChI is InChI=1S/C13H18N2O/c1-3-9-15(10-4-2)13(16)11-5-7-12(14)8-6-11/h3,5-8H,1,4,9-10,14H2,2H3. The van der Waals surface area contributed by atoms with E-state index in [2.05, 4.69) is 6.58 Å². The Balaban J connectivity index is 2.80. The molecular formula is C13H18N2O. The van der Waals surface area contributed by atoms with Crippen molar-refractivity contribution in [1.82, 2.24) is 4.90 Å². The fourth-order valence-corrected chi connectivity index (χ4v) is 1.51. The number of nitrogens with two attached hydrogens (primary N) is 1. The molecule has 0 heterocycles. The number of amides is 1. The second-order valence-electron chi connectivity index (χ2n) is 3.66. The van der Waals surface area contributed by atoms with Crippen molar-refractivity contribution in [2.24, 2.45) is 0 Å². The molecule has 3 heteroatoms. The van der Waals surface area contributed by atoms with E-state index < -0.39 is 0 Å². The molecule has 0 atom stereocenters. The van der Waals surface area contributed by atoms with Gasteiger partial charge in [0.15, 0.2) is 0 Å². The number of hydrogen-bond acceptors (Lipinski definition) is 2. The molecule has 1 aromatic rings. The number of nitrogens with zero attached hydrogens (tertiary/aromatic N) is 1. The van der Waals surface area contributed by atoms with Crippen molar-refractivity contribution < 1.29 is 4.79 Å². The van der Waals surface area contributed by atoms with Crippen molar-refractivity contribution in [3.63, 3.8) is 0 Å². The number of hydrogen-bond donors (Lipinski definition) is 1. The molecule has 1 rings (SSSR count). The van der Waals surface area contributed by atoms with E-state index in [1.165, 1.54) is 0 Å². The van der Waals surface area contributed by atoms with Crippen LogP contribution in [0, 0.1) is 0 Å². The van der Waals surface area contributed by atoms with E-state index in [-0.39, 0.29) is 5.91 Å². The van der Waals surface area contributed by atoms with Crippen LogP contribution < -0.4 is 5.73 Å². The maximum atomic E-state index is 12.1. The van der Waals surface area contributed by atoms with Crippen molar-refractivity contribution in [2.75, 3.05) is 18.8 Å². The molecule has 0 aliphatic carbocycles. The lowest BCUT2D eigenvalue weighted by molar-refractivity contribution is 0.0774. The van der Waals surface area contributed by atoms with Crippen LogP contribution in [0.4, 0.5) is 5.69 Å². The van der Waals surface area contributed by atoms with Crippen molar-refractivity contribution in [1.29, 1.82) is 0 Å². The van der Waals surface area contributed by atoms with Crippen LogP contribution in [-0.2, 0) is 0 Å². The molecule has 1 aromatic carbocycles. The van der Waals surface area contributed by atoms with Crippen LogP contribution in [0.2, 0.25) is 0 Å². The number of anilines is 1. The average molecular weight is 218 g/mol. The van der Waals surface area contributed by atoms with Gasteiger partial charge in [0.2, 0.25) is 0 Å². The summed E-state index contributed by atoms with van der Waals surface area (Å²) in [7, 11) is 0. The maximum absolute atomic E-state index is 12.1. The summed E-state index contributed by atoms with van der Waals surface area (Å²) in [6, 6.07) is 6.99. The number of carbonyl (C=O) groups excluding carboxylic acids is 1. The zero-order valence-electron chi connectivity index (χ0n) is 9.65. The summed E-state index contributed by atoms with van der Waals surface area (Å²) in [4.78, 5) is 13.8. The quantitative estimate of drug-likeness (QED) is 0.609. The molecule has 3 nitrogen and oxygen atoms in total. The van der Waals surface area contributed by atoms with Gasteiger partial charge < -0.3 is 10.6 Å². The fourth-order valence-electron chi connectivity index (χ4n) is 1.51. The van der Waals surface area contributed by atoms with Crippen molar-refractivity contribution in [2.45, 2.75) is 13.3 Å². The van der Waals surface area contributed by atoms with Crippen LogP contribution in [-0.4, -0.2) is 23.9 Å². The van der Waals surface area contributed by atoms with Gasteiger partial charge >= 0.3 is 0 Å². The first-order valence-corrected chi connectivity index (χ1v) is 5.44. The normalized spacial score (nSPS) is 9.81. The molecule has 0 fully saturated rings. The fraction of sp³-hybridized carbons (Fsp3) is 0.308. The number of nitrogen functional groups attached to an aromatic ring is 1. The third-order valence-electron chi connectivity index (χ3n) is 2.29. The summed E-state index contributed by atoms with van der Waals surface area (Å²) in [6.07, 6.45) is 2.68. The molecule has 0 spiro atoms. The summed E-state index contributed by atoms with van der Waals surface area (Å²) >= 11 is 0. The van der Waals surface area contributed by atoms with Gasteiger partial charge in [0.05, 0.1) is 0 Å². The van der Waals surface area contributed by atoms with Crippen LogP contribution in [0.1, 0.15) is 23.7 Å². The van der Waals surface area contributed by atoms with Gasteiger partial charge in [-0.25, -0.2) is 0 Å². The second kappa shape index (κ2) is 5.95. The molecule has 1 amide bonds. The van der Waals surface area contributed by atoms with Gasteiger partial charge in [0, 0.05) is 24.3 Å². The number of carbonyl (C=O) groups is 1. The first kappa shape index (κ1) is 12.3. The summed E-state index contributed by atoms with van der Waals surface area (Å²) in [5.41, 5.74) is 6.92. The zero-order valence-corrected chi connectivity index (χ0v) is 9.65. The Bertz CT molecular complexity index is 357. The van der Waals surface area contributed by atoms with Crippen LogP contribution in [0.15, 0.2) is 36.9 Å². The highest BCUT2D eigenvalue weighted by atomic mass is 16.2. The summed E-state index contributed by atoms with van der Waals surface area (Å²) in [6.45, 7) is 7.03. The Morgan fingerprint density at radius 2 is 2.06 bits per heavy atom. The van der Waals surface area contributed by atoms with Gasteiger partial charge in [0.25, 0.3) is 5.91 Å². The molecule has 0 aromatic heterocycles. The van der Waals surface area contributed by atoms with E-state index in [9.17, 15) is 4.79 Å². The summed E-state index contributed by atoms with van der Waals surface area (Å²) in [5, 5.41) is 0.